The van der Waals surface area contributed by atoms with E-state index in [9.17, 15) is 9.59 Å². The molecule has 0 aromatic heterocycles. The van der Waals surface area contributed by atoms with E-state index in [1.807, 2.05) is 20.8 Å². The number of benzene rings is 1. The summed E-state index contributed by atoms with van der Waals surface area (Å²) in [5, 5.41) is 2.72. The van der Waals surface area contributed by atoms with Gasteiger partial charge in [0.25, 0.3) is 5.91 Å². The van der Waals surface area contributed by atoms with Gasteiger partial charge in [-0.1, -0.05) is 18.2 Å². The van der Waals surface area contributed by atoms with Crippen molar-refractivity contribution < 1.29 is 19.1 Å². The molecule has 0 aliphatic carbocycles. The Morgan fingerprint density at radius 2 is 1.90 bits per heavy atom. The molecule has 0 aliphatic rings. The highest BCUT2D eigenvalue weighted by molar-refractivity contribution is 6.01. The molecule has 1 rings (SSSR count). The number of nitrogens with one attached hydrogen (secondary N) is 1. The zero-order valence-corrected chi connectivity index (χ0v) is 12.8. The predicted molar refractivity (Wildman–Crippen MR) is 80.7 cm³/mol. The lowest BCUT2D eigenvalue weighted by atomic mass is 10.1. The quantitative estimate of drug-likeness (QED) is 0.588. The highest BCUT2D eigenvalue weighted by Gasteiger charge is 2.10. The van der Waals surface area contributed by atoms with Crippen molar-refractivity contribution in [3.63, 3.8) is 0 Å². The van der Waals surface area contributed by atoms with Gasteiger partial charge in [0.1, 0.15) is 0 Å². The second-order valence-electron chi connectivity index (χ2n) is 5.53. The summed E-state index contributed by atoms with van der Waals surface area (Å²) in [5.41, 5.74) is 0.592. The lowest BCUT2D eigenvalue weighted by Crippen LogP contribution is -2.29. The topological polar surface area (TPSA) is 64.6 Å². The van der Waals surface area contributed by atoms with E-state index in [0.29, 0.717) is 43.8 Å². The van der Waals surface area contributed by atoms with Gasteiger partial charge < -0.3 is 14.8 Å². The third-order valence-corrected chi connectivity index (χ3v) is 2.63. The van der Waals surface area contributed by atoms with Crippen molar-refractivity contribution in [2.24, 2.45) is 0 Å². The van der Waals surface area contributed by atoms with Crippen molar-refractivity contribution in [1.29, 1.82) is 0 Å². The standard InChI is InChI=1S/C16H23NO4/c1-16(2,3)21-11-10-20-9-8-17-15(19)14-7-5-4-6-13(14)12-18/h4-7,12H,8-11H2,1-3H3,(H,17,19). The van der Waals surface area contributed by atoms with Gasteiger partial charge in [-0.05, 0) is 26.8 Å². The van der Waals surface area contributed by atoms with Crippen LogP contribution in [0.4, 0.5) is 0 Å². The van der Waals surface area contributed by atoms with E-state index < -0.39 is 0 Å². The zero-order valence-electron chi connectivity index (χ0n) is 12.8. The maximum atomic E-state index is 11.9. The fourth-order valence-electron chi connectivity index (χ4n) is 1.65. The Morgan fingerprint density at radius 1 is 1.19 bits per heavy atom. The molecule has 1 N–H and O–H groups in total. The second kappa shape index (κ2) is 8.54. The molecule has 0 atom stereocenters. The van der Waals surface area contributed by atoms with Crippen molar-refractivity contribution >= 4 is 12.2 Å². The average Bonchev–Trinajstić information content (AvgIpc) is 2.44. The van der Waals surface area contributed by atoms with Crippen molar-refractivity contribution in [1.82, 2.24) is 5.32 Å². The number of hydrogen-bond donors (Lipinski definition) is 1. The molecule has 1 amide bonds. The smallest absolute Gasteiger partial charge is 0.252 e. The minimum absolute atomic E-state index is 0.171. The normalized spacial score (nSPS) is 11.2. The van der Waals surface area contributed by atoms with Crippen LogP contribution in [0.1, 0.15) is 41.5 Å². The van der Waals surface area contributed by atoms with Crippen LogP contribution in [0.3, 0.4) is 0 Å². The van der Waals surface area contributed by atoms with Crippen molar-refractivity contribution in [3.8, 4) is 0 Å². The Kier molecular flexibility index (Phi) is 7.05. The number of carbonyl (C=O) groups is 2. The van der Waals surface area contributed by atoms with Crippen LogP contribution >= 0.6 is 0 Å². The Labute approximate surface area is 125 Å². The summed E-state index contributed by atoms with van der Waals surface area (Å²) in [6.45, 7) is 7.75. The van der Waals surface area contributed by atoms with Crippen LogP contribution in [0.15, 0.2) is 24.3 Å². The third-order valence-electron chi connectivity index (χ3n) is 2.63. The summed E-state index contributed by atoms with van der Waals surface area (Å²) in [7, 11) is 0. The summed E-state index contributed by atoms with van der Waals surface area (Å²) in [5.74, 6) is -0.271. The molecule has 0 aliphatic heterocycles. The number of ether oxygens (including phenoxy) is 2. The van der Waals surface area contributed by atoms with E-state index in [1.165, 1.54) is 0 Å². The van der Waals surface area contributed by atoms with Crippen molar-refractivity contribution in [3.05, 3.63) is 35.4 Å². The van der Waals surface area contributed by atoms with Gasteiger partial charge in [-0.2, -0.15) is 0 Å². The molecule has 5 heteroatoms. The van der Waals surface area contributed by atoms with Crippen LogP contribution < -0.4 is 5.32 Å². The van der Waals surface area contributed by atoms with Crippen LogP contribution in [0, 0.1) is 0 Å². The van der Waals surface area contributed by atoms with E-state index in [4.69, 9.17) is 9.47 Å². The number of amides is 1. The van der Waals surface area contributed by atoms with E-state index in [1.54, 1.807) is 24.3 Å². The largest absolute Gasteiger partial charge is 0.377 e. The number of hydrogen-bond acceptors (Lipinski definition) is 4. The van der Waals surface area contributed by atoms with Gasteiger partial charge in [0.05, 0.1) is 25.4 Å². The molecule has 0 heterocycles. The van der Waals surface area contributed by atoms with Gasteiger partial charge >= 0.3 is 0 Å². The summed E-state index contributed by atoms with van der Waals surface area (Å²) >= 11 is 0. The maximum absolute atomic E-state index is 11.9. The first-order valence-corrected chi connectivity index (χ1v) is 6.98. The van der Waals surface area contributed by atoms with Crippen LogP contribution in [0.25, 0.3) is 0 Å². The first-order valence-electron chi connectivity index (χ1n) is 6.98. The lowest BCUT2D eigenvalue weighted by Gasteiger charge is -2.19. The van der Waals surface area contributed by atoms with Crippen LogP contribution in [-0.2, 0) is 9.47 Å². The van der Waals surface area contributed by atoms with Crippen LogP contribution in [-0.4, -0.2) is 44.2 Å². The first kappa shape index (κ1) is 17.3. The minimum Gasteiger partial charge on any atom is -0.377 e. The molecule has 0 saturated heterocycles. The number of carbonyl (C=O) groups excluding carboxylic acids is 2. The van der Waals surface area contributed by atoms with E-state index in [-0.39, 0.29) is 11.5 Å². The summed E-state index contributed by atoms with van der Waals surface area (Å²) < 4.78 is 10.9. The Morgan fingerprint density at radius 3 is 2.57 bits per heavy atom. The summed E-state index contributed by atoms with van der Waals surface area (Å²) in [6.07, 6.45) is 0.676. The average molecular weight is 293 g/mol. The van der Waals surface area contributed by atoms with Gasteiger partial charge in [-0.25, -0.2) is 0 Å². The SMILES string of the molecule is CC(C)(C)OCCOCCNC(=O)c1ccccc1C=O. The molecular weight excluding hydrogens is 270 g/mol. The monoisotopic (exact) mass is 293 g/mol. The molecule has 0 fully saturated rings. The molecule has 5 nitrogen and oxygen atoms in total. The highest BCUT2D eigenvalue weighted by atomic mass is 16.5. The molecule has 0 bridgehead atoms. The number of aldehydes is 1. The molecule has 0 saturated carbocycles. The van der Waals surface area contributed by atoms with Gasteiger partial charge in [0, 0.05) is 17.7 Å². The van der Waals surface area contributed by atoms with Crippen molar-refractivity contribution in [2.75, 3.05) is 26.4 Å². The summed E-state index contributed by atoms with van der Waals surface area (Å²) in [4.78, 5) is 22.7. The molecule has 21 heavy (non-hydrogen) atoms. The fraction of sp³-hybridized carbons (Fsp3) is 0.500. The third kappa shape index (κ3) is 7.02. The molecular formula is C16H23NO4. The molecule has 116 valence electrons. The predicted octanol–water partition coefficient (Wildman–Crippen LogP) is 2.06. The molecule has 0 spiro atoms. The first-order chi connectivity index (χ1) is 9.94. The lowest BCUT2D eigenvalue weighted by molar-refractivity contribution is -0.0341. The van der Waals surface area contributed by atoms with Gasteiger partial charge in [-0.15, -0.1) is 0 Å². The maximum Gasteiger partial charge on any atom is 0.252 e. The minimum atomic E-state index is -0.271. The number of rotatable bonds is 8. The van der Waals surface area contributed by atoms with Gasteiger partial charge in [0.15, 0.2) is 6.29 Å². The Hall–Kier alpha value is -1.72. The van der Waals surface area contributed by atoms with Crippen molar-refractivity contribution in [2.45, 2.75) is 26.4 Å². The Bertz CT molecular complexity index is 466. The fourth-order valence-corrected chi connectivity index (χ4v) is 1.65. The molecule has 0 unspecified atom stereocenters. The van der Waals surface area contributed by atoms with Crippen LogP contribution in [0.5, 0.6) is 0 Å². The van der Waals surface area contributed by atoms with E-state index in [0.717, 1.165) is 0 Å². The zero-order chi connectivity index (χ0) is 15.7. The summed E-state index contributed by atoms with van der Waals surface area (Å²) in [6, 6.07) is 6.68. The van der Waals surface area contributed by atoms with E-state index in [2.05, 4.69) is 5.32 Å². The van der Waals surface area contributed by atoms with Gasteiger partial charge in [0.2, 0.25) is 0 Å². The molecule has 1 aromatic rings. The van der Waals surface area contributed by atoms with E-state index >= 15 is 0 Å². The Balaban J connectivity index is 2.21. The molecule has 0 radical (unpaired) electrons. The van der Waals surface area contributed by atoms with Gasteiger partial charge in [-0.3, -0.25) is 9.59 Å². The highest BCUT2D eigenvalue weighted by Crippen LogP contribution is 2.06. The van der Waals surface area contributed by atoms with Crippen LogP contribution in [0.2, 0.25) is 0 Å². The second-order valence-corrected chi connectivity index (χ2v) is 5.53. The molecule has 1 aromatic carbocycles.